The molecule has 0 aromatic heterocycles. The standard InChI is InChI=1S/C11H13BrN2O/c1-7-2-3-10(12)9(4-7)11(15)14-8-5-13-6-8/h2-4,8,13H,5-6H2,1H3,(H,14,15). The maximum atomic E-state index is 11.9. The van der Waals surface area contributed by atoms with Crippen molar-refractivity contribution in [3.8, 4) is 0 Å². The molecule has 1 aliphatic rings. The summed E-state index contributed by atoms with van der Waals surface area (Å²) in [4.78, 5) is 11.9. The number of halogens is 1. The molecule has 1 heterocycles. The van der Waals surface area contributed by atoms with Crippen LogP contribution in [0.15, 0.2) is 22.7 Å². The predicted octanol–water partition coefficient (Wildman–Crippen LogP) is 1.46. The molecular formula is C11H13BrN2O. The molecule has 1 amide bonds. The number of carbonyl (C=O) groups is 1. The second-order valence-corrected chi connectivity index (χ2v) is 4.67. The van der Waals surface area contributed by atoms with Crippen molar-refractivity contribution < 1.29 is 4.79 Å². The third-order valence-corrected chi connectivity index (χ3v) is 3.17. The van der Waals surface area contributed by atoms with Crippen LogP contribution in [0.2, 0.25) is 0 Å². The summed E-state index contributed by atoms with van der Waals surface area (Å²) in [6.07, 6.45) is 0. The Balaban J connectivity index is 2.12. The maximum Gasteiger partial charge on any atom is 0.252 e. The molecule has 0 bridgehead atoms. The van der Waals surface area contributed by atoms with E-state index < -0.39 is 0 Å². The highest BCUT2D eigenvalue weighted by atomic mass is 79.9. The maximum absolute atomic E-state index is 11.9. The van der Waals surface area contributed by atoms with Crippen LogP contribution in [0.1, 0.15) is 15.9 Å². The summed E-state index contributed by atoms with van der Waals surface area (Å²) < 4.78 is 0.845. The van der Waals surface area contributed by atoms with E-state index >= 15 is 0 Å². The molecule has 1 aromatic rings. The van der Waals surface area contributed by atoms with E-state index in [4.69, 9.17) is 0 Å². The van der Waals surface area contributed by atoms with Gasteiger partial charge in [-0.1, -0.05) is 11.6 Å². The lowest BCUT2D eigenvalue weighted by Crippen LogP contribution is -2.56. The summed E-state index contributed by atoms with van der Waals surface area (Å²) in [5.41, 5.74) is 1.80. The molecule has 15 heavy (non-hydrogen) atoms. The SMILES string of the molecule is Cc1ccc(Br)c(C(=O)NC2CNC2)c1. The molecule has 3 nitrogen and oxygen atoms in total. The Morgan fingerprint density at radius 1 is 1.53 bits per heavy atom. The number of hydrogen-bond acceptors (Lipinski definition) is 2. The van der Waals surface area contributed by atoms with Crippen molar-refractivity contribution in [2.75, 3.05) is 13.1 Å². The number of benzene rings is 1. The van der Waals surface area contributed by atoms with Gasteiger partial charge in [0, 0.05) is 17.6 Å². The molecule has 1 saturated heterocycles. The highest BCUT2D eigenvalue weighted by Crippen LogP contribution is 2.18. The number of aryl methyl sites for hydroxylation is 1. The van der Waals surface area contributed by atoms with Crippen LogP contribution in [0.3, 0.4) is 0 Å². The summed E-state index contributed by atoms with van der Waals surface area (Å²) in [5.74, 6) is -0.00271. The average Bonchev–Trinajstić information content (AvgIpc) is 2.15. The quantitative estimate of drug-likeness (QED) is 0.853. The fourth-order valence-corrected chi connectivity index (χ4v) is 1.89. The van der Waals surface area contributed by atoms with Gasteiger partial charge in [-0.15, -0.1) is 0 Å². The first-order valence-corrected chi connectivity index (χ1v) is 5.74. The molecule has 80 valence electrons. The van der Waals surface area contributed by atoms with E-state index in [9.17, 15) is 4.79 Å². The van der Waals surface area contributed by atoms with Crippen LogP contribution in [0.5, 0.6) is 0 Å². The van der Waals surface area contributed by atoms with E-state index in [2.05, 4.69) is 26.6 Å². The van der Waals surface area contributed by atoms with Crippen LogP contribution < -0.4 is 10.6 Å². The molecular weight excluding hydrogens is 256 g/mol. The number of amides is 1. The summed E-state index contributed by atoms with van der Waals surface area (Å²) in [6.45, 7) is 3.72. The van der Waals surface area contributed by atoms with Gasteiger partial charge in [0.2, 0.25) is 0 Å². The van der Waals surface area contributed by atoms with E-state index in [1.165, 1.54) is 0 Å². The van der Waals surface area contributed by atoms with Gasteiger partial charge in [-0.2, -0.15) is 0 Å². The summed E-state index contributed by atoms with van der Waals surface area (Å²) in [5, 5.41) is 6.09. The highest BCUT2D eigenvalue weighted by molar-refractivity contribution is 9.10. The first-order chi connectivity index (χ1) is 7.16. The second kappa shape index (κ2) is 4.33. The number of rotatable bonds is 2. The zero-order valence-electron chi connectivity index (χ0n) is 8.51. The topological polar surface area (TPSA) is 41.1 Å². The summed E-state index contributed by atoms with van der Waals surface area (Å²) >= 11 is 3.38. The molecule has 1 fully saturated rings. The van der Waals surface area contributed by atoms with Crippen molar-refractivity contribution in [1.29, 1.82) is 0 Å². The molecule has 0 aliphatic carbocycles. The fraction of sp³-hybridized carbons (Fsp3) is 0.364. The zero-order valence-corrected chi connectivity index (χ0v) is 10.1. The van der Waals surface area contributed by atoms with E-state index in [1.54, 1.807) is 0 Å². The molecule has 4 heteroatoms. The second-order valence-electron chi connectivity index (χ2n) is 3.81. The molecule has 1 aliphatic heterocycles. The Morgan fingerprint density at radius 3 is 2.87 bits per heavy atom. The van der Waals surface area contributed by atoms with Gasteiger partial charge in [0.15, 0.2) is 0 Å². The van der Waals surface area contributed by atoms with Gasteiger partial charge in [0.1, 0.15) is 0 Å². The van der Waals surface area contributed by atoms with Crippen LogP contribution >= 0.6 is 15.9 Å². The van der Waals surface area contributed by atoms with Crippen LogP contribution in [0, 0.1) is 6.92 Å². The van der Waals surface area contributed by atoms with Crippen LogP contribution in [-0.4, -0.2) is 25.0 Å². The van der Waals surface area contributed by atoms with Crippen molar-refractivity contribution in [3.63, 3.8) is 0 Å². The Labute approximate surface area is 97.4 Å². The van der Waals surface area contributed by atoms with E-state index in [0.717, 1.165) is 23.1 Å². The van der Waals surface area contributed by atoms with Gasteiger partial charge in [-0.25, -0.2) is 0 Å². The fourth-order valence-electron chi connectivity index (χ4n) is 1.47. The van der Waals surface area contributed by atoms with Crippen molar-refractivity contribution in [2.45, 2.75) is 13.0 Å². The lowest BCUT2D eigenvalue weighted by atomic mass is 10.1. The Morgan fingerprint density at radius 2 is 2.27 bits per heavy atom. The van der Waals surface area contributed by atoms with E-state index in [1.807, 2.05) is 25.1 Å². The van der Waals surface area contributed by atoms with Crippen LogP contribution in [-0.2, 0) is 0 Å². The first kappa shape index (κ1) is 10.6. The molecule has 0 atom stereocenters. The van der Waals surface area contributed by atoms with Crippen molar-refractivity contribution in [1.82, 2.24) is 10.6 Å². The zero-order chi connectivity index (χ0) is 10.8. The van der Waals surface area contributed by atoms with E-state index in [-0.39, 0.29) is 11.9 Å². The minimum atomic E-state index is -0.00271. The van der Waals surface area contributed by atoms with Gasteiger partial charge in [-0.05, 0) is 35.0 Å². The Kier molecular flexibility index (Phi) is 3.07. The largest absolute Gasteiger partial charge is 0.347 e. The van der Waals surface area contributed by atoms with Crippen LogP contribution in [0.25, 0.3) is 0 Å². The summed E-state index contributed by atoms with van der Waals surface area (Å²) in [7, 11) is 0. The lowest BCUT2D eigenvalue weighted by Gasteiger charge is -2.28. The molecule has 2 rings (SSSR count). The molecule has 1 aromatic carbocycles. The van der Waals surface area contributed by atoms with Gasteiger partial charge in [0.05, 0.1) is 11.6 Å². The molecule has 0 unspecified atom stereocenters. The third kappa shape index (κ3) is 2.38. The number of nitrogens with one attached hydrogen (secondary N) is 2. The number of hydrogen-bond donors (Lipinski definition) is 2. The van der Waals surface area contributed by atoms with Gasteiger partial charge >= 0.3 is 0 Å². The summed E-state index contributed by atoms with van der Waals surface area (Å²) in [6, 6.07) is 6.06. The minimum absolute atomic E-state index is 0.00271. The third-order valence-electron chi connectivity index (χ3n) is 2.48. The van der Waals surface area contributed by atoms with Crippen molar-refractivity contribution >= 4 is 21.8 Å². The smallest absolute Gasteiger partial charge is 0.252 e. The first-order valence-electron chi connectivity index (χ1n) is 4.94. The molecule has 0 saturated carbocycles. The van der Waals surface area contributed by atoms with Crippen molar-refractivity contribution in [2.24, 2.45) is 0 Å². The number of carbonyl (C=O) groups excluding carboxylic acids is 1. The van der Waals surface area contributed by atoms with Gasteiger partial charge < -0.3 is 10.6 Å². The molecule has 2 N–H and O–H groups in total. The molecule has 0 spiro atoms. The Hall–Kier alpha value is -0.870. The van der Waals surface area contributed by atoms with Crippen molar-refractivity contribution in [3.05, 3.63) is 33.8 Å². The molecule has 0 radical (unpaired) electrons. The lowest BCUT2D eigenvalue weighted by molar-refractivity contribution is 0.0923. The average molecular weight is 269 g/mol. The monoisotopic (exact) mass is 268 g/mol. The van der Waals surface area contributed by atoms with E-state index in [0.29, 0.717) is 5.56 Å². The Bertz CT molecular complexity index is 388. The minimum Gasteiger partial charge on any atom is -0.347 e. The normalized spacial score (nSPS) is 15.9. The highest BCUT2D eigenvalue weighted by Gasteiger charge is 2.20. The van der Waals surface area contributed by atoms with Gasteiger partial charge in [0.25, 0.3) is 5.91 Å². The predicted molar refractivity (Wildman–Crippen MR) is 63.0 cm³/mol. The van der Waals surface area contributed by atoms with Gasteiger partial charge in [-0.3, -0.25) is 4.79 Å². The van der Waals surface area contributed by atoms with Crippen LogP contribution in [0.4, 0.5) is 0 Å².